The molecule has 2 aliphatic rings. The van der Waals surface area contributed by atoms with Gasteiger partial charge in [-0.3, -0.25) is 4.90 Å². The van der Waals surface area contributed by atoms with Crippen molar-refractivity contribution >= 4 is 20.9 Å². The molecule has 1 N–H and O–H groups in total. The van der Waals surface area contributed by atoms with Gasteiger partial charge in [-0.15, -0.1) is 0 Å². The standard InChI is InChI=1S/C27H35N3O5S/c1-28-23-15-21(35-3)8-9-22(23)25-26(28)24(17-31)29(16-19-6-5-7-20(14-19)34-2)18-27(25)10-12-30(13-11-27)36(4,32)33/h5-9,14-15,24,31H,10-13,16-18H2,1-4H3/t24-/m0/s1. The second-order valence-electron chi connectivity index (χ2n) is 10.1. The predicted molar refractivity (Wildman–Crippen MR) is 140 cm³/mol. The van der Waals surface area contributed by atoms with E-state index in [0.29, 0.717) is 19.6 Å². The highest BCUT2D eigenvalue weighted by Crippen LogP contribution is 2.50. The minimum atomic E-state index is -3.25. The van der Waals surface area contributed by atoms with Crippen LogP contribution in [0.2, 0.25) is 0 Å². The molecular formula is C27H35N3O5S. The van der Waals surface area contributed by atoms with Crippen LogP contribution in [0.4, 0.5) is 0 Å². The highest BCUT2D eigenvalue weighted by Gasteiger charge is 2.48. The molecule has 2 aromatic carbocycles. The van der Waals surface area contributed by atoms with E-state index in [0.717, 1.165) is 53.0 Å². The Morgan fingerprint density at radius 2 is 1.75 bits per heavy atom. The van der Waals surface area contributed by atoms with Gasteiger partial charge in [-0.2, -0.15) is 0 Å². The molecule has 0 bridgehead atoms. The van der Waals surface area contributed by atoms with Crippen LogP contribution in [-0.4, -0.2) is 74.0 Å². The number of aryl methyl sites for hydroxylation is 1. The van der Waals surface area contributed by atoms with Crippen LogP contribution in [0.15, 0.2) is 42.5 Å². The number of piperidine rings is 1. The third kappa shape index (κ3) is 4.18. The second kappa shape index (κ2) is 9.37. The van der Waals surface area contributed by atoms with Gasteiger partial charge in [0.2, 0.25) is 10.0 Å². The number of hydrogen-bond acceptors (Lipinski definition) is 6. The minimum Gasteiger partial charge on any atom is -0.497 e. The van der Waals surface area contributed by atoms with E-state index in [4.69, 9.17) is 9.47 Å². The Morgan fingerprint density at radius 1 is 1.06 bits per heavy atom. The lowest BCUT2D eigenvalue weighted by atomic mass is 9.68. The smallest absolute Gasteiger partial charge is 0.211 e. The number of methoxy groups -OCH3 is 2. The van der Waals surface area contributed by atoms with E-state index in [-0.39, 0.29) is 18.1 Å². The third-order valence-corrected chi connectivity index (χ3v) is 9.39. The molecule has 0 amide bonds. The van der Waals surface area contributed by atoms with Crippen LogP contribution in [0.25, 0.3) is 10.9 Å². The van der Waals surface area contributed by atoms with Gasteiger partial charge in [0.15, 0.2) is 0 Å². The summed E-state index contributed by atoms with van der Waals surface area (Å²) in [6, 6.07) is 14.0. The Bertz CT molecular complexity index is 1380. The Kier molecular flexibility index (Phi) is 6.53. The summed E-state index contributed by atoms with van der Waals surface area (Å²) < 4.78 is 39.4. The van der Waals surface area contributed by atoms with E-state index in [1.165, 1.54) is 11.8 Å². The molecule has 1 aromatic heterocycles. The van der Waals surface area contributed by atoms with E-state index in [2.05, 4.69) is 28.6 Å². The molecule has 8 nitrogen and oxygen atoms in total. The summed E-state index contributed by atoms with van der Waals surface area (Å²) >= 11 is 0. The molecule has 1 saturated heterocycles. The number of ether oxygens (including phenoxy) is 2. The van der Waals surface area contributed by atoms with Gasteiger partial charge < -0.3 is 19.1 Å². The molecule has 1 atom stereocenters. The van der Waals surface area contributed by atoms with Gasteiger partial charge in [0.1, 0.15) is 11.5 Å². The molecule has 36 heavy (non-hydrogen) atoms. The maximum absolute atomic E-state index is 12.3. The lowest BCUT2D eigenvalue weighted by molar-refractivity contribution is 0.0515. The van der Waals surface area contributed by atoms with Crippen LogP contribution in [0, 0.1) is 0 Å². The number of rotatable bonds is 6. The number of sulfonamides is 1. The molecule has 0 saturated carbocycles. The molecule has 0 unspecified atom stereocenters. The van der Waals surface area contributed by atoms with Gasteiger partial charge in [0.05, 0.1) is 38.6 Å². The summed E-state index contributed by atoms with van der Waals surface area (Å²) in [7, 11) is 2.14. The van der Waals surface area contributed by atoms with Gasteiger partial charge in [-0.25, -0.2) is 12.7 Å². The van der Waals surface area contributed by atoms with Gasteiger partial charge in [-0.05, 0) is 48.2 Å². The van der Waals surface area contributed by atoms with E-state index >= 15 is 0 Å². The lowest BCUT2D eigenvalue weighted by Crippen LogP contribution is -2.54. The number of fused-ring (bicyclic) bond motifs is 4. The quantitative estimate of drug-likeness (QED) is 0.546. The Labute approximate surface area is 213 Å². The fourth-order valence-corrected chi connectivity index (χ4v) is 7.13. The monoisotopic (exact) mass is 513 g/mol. The molecule has 0 aliphatic carbocycles. The van der Waals surface area contributed by atoms with E-state index in [1.807, 2.05) is 30.3 Å². The summed E-state index contributed by atoms with van der Waals surface area (Å²) in [5.74, 6) is 1.59. The largest absolute Gasteiger partial charge is 0.497 e. The number of aromatic nitrogens is 1. The second-order valence-corrected chi connectivity index (χ2v) is 12.1. The zero-order valence-corrected chi connectivity index (χ0v) is 22.2. The van der Waals surface area contributed by atoms with Crippen molar-refractivity contribution in [2.45, 2.75) is 30.8 Å². The zero-order chi connectivity index (χ0) is 25.7. The van der Waals surface area contributed by atoms with Crippen LogP contribution in [0.3, 0.4) is 0 Å². The zero-order valence-electron chi connectivity index (χ0n) is 21.4. The van der Waals surface area contributed by atoms with Crippen molar-refractivity contribution in [2.75, 3.05) is 46.7 Å². The topological polar surface area (TPSA) is 84.2 Å². The first kappa shape index (κ1) is 25.1. The molecular weight excluding hydrogens is 478 g/mol. The number of nitrogens with zero attached hydrogens (tertiary/aromatic N) is 3. The van der Waals surface area contributed by atoms with Crippen LogP contribution in [0.1, 0.15) is 35.7 Å². The van der Waals surface area contributed by atoms with Gasteiger partial charge in [-0.1, -0.05) is 12.1 Å². The van der Waals surface area contributed by atoms with Crippen molar-refractivity contribution in [3.05, 3.63) is 59.3 Å². The molecule has 9 heteroatoms. The highest BCUT2D eigenvalue weighted by molar-refractivity contribution is 7.88. The normalized spacial score (nSPS) is 20.5. The maximum atomic E-state index is 12.3. The SMILES string of the molecule is COc1cccc(CN2CC3(CCN(S(C)(=O)=O)CC3)c3c(n(C)c4cc(OC)ccc34)[C@@H]2CO)c1. The van der Waals surface area contributed by atoms with Crippen LogP contribution in [0.5, 0.6) is 11.5 Å². The summed E-state index contributed by atoms with van der Waals surface area (Å²) in [5.41, 5.74) is 4.29. The molecule has 1 spiro atoms. The average Bonchev–Trinajstić information content (AvgIpc) is 3.16. The van der Waals surface area contributed by atoms with Crippen molar-refractivity contribution in [3.63, 3.8) is 0 Å². The molecule has 1 fully saturated rings. The van der Waals surface area contributed by atoms with Crippen LogP contribution in [-0.2, 0) is 29.0 Å². The fourth-order valence-electron chi connectivity index (χ4n) is 6.29. The summed E-state index contributed by atoms with van der Waals surface area (Å²) in [6.45, 7) is 2.36. The number of hydrogen-bond donors (Lipinski definition) is 1. The number of aliphatic hydroxyl groups excluding tert-OH is 1. The van der Waals surface area contributed by atoms with Crippen LogP contribution < -0.4 is 9.47 Å². The predicted octanol–water partition coefficient (Wildman–Crippen LogP) is 3.04. The number of benzene rings is 2. The maximum Gasteiger partial charge on any atom is 0.211 e. The summed E-state index contributed by atoms with van der Waals surface area (Å²) in [6.07, 6.45) is 2.74. The van der Waals surface area contributed by atoms with Crippen molar-refractivity contribution < 1.29 is 23.0 Å². The first-order valence-corrected chi connectivity index (χ1v) is 14.2. The van der Waals surface area contributed by atoms with E-state index in [1.54, 1.807) is 18.5 Å². The minimum absolute atomic E-state index is 0.0101. The molecule has 5 rings (SSSR count). The molecule has 194 valence electrons. The summed E-state index contributed by atoms with van der Waals surface area (Å²) in [5, 5.41) is 11.8. The van der Waals surface area contributed by atoms with E-state index < -0.39 is 10.0 Å². The van der Waals surface area contributed by atoms with Crippen LogP contribution >= 0.6 is 0 Å². The van der Waals surface area contributed by atoms with Crippen molar-refractivity contribution in [3.8, 4) is 11.5 Å². The third-order valence-electron chi connectivity index (χ3n) is 8.09. The molecule has 3 heterocycles. The van der Waals surface area contributed by atoms with Crippen molar-refractivity contribution in [1.29, 1.82) is 0 Å². The van der Waals surface area contributed by atoms with E-state index in [9.17, 15) is 13.5 Å². The molecule has 3 aromatic rings. The van der Waals surface area contributed by atoms with Crippen molar-refractivity contribution in [1.82, 2.24) is 13.8 Å². The van der Waals surface area contributed by atoms with Gasteiger partial charge >= 0.3 is 0 Å². The lowest BCUT2D eigenvalue weighted by Gasteiger charge is -2.50. The Morgan fingerprint density at radius 3 is 2.39 bits per heavy atom. The first-order chi connectivity index (χ1) is 17.2. The van der Waals surface area contributed by atoms with Crippen molar-refractivity contribution in [2.24, 2.45) is 7.05 Å². The van der Waals surface area contributed by atoms with Gasteiger partial charge in [0, 0.05) is 55.8 Å². The van der Waals surface area contributed by atoms with Gasteiger partial charge in [0.25, 0.3) is 0 Å². The number of aliphatic hydroxyl groups is 1. The fraction of sp³-hybridized carbons (Fsp3) is 0.481. The Balaban J connectivity index is 1.65. The first-order valence-electron chi connectivity index (χ1n) is 12.3. The molecule has 2 aliphatic heterocycles. The molecule has 0 radical (unpaired) electrons. The highest BCUT2D eigenvalue weighted by atomic mass is 32.2. The average molecular weight is 514 g/mol. The Hall–Kier alpha value is -2.59. The summed E-state index contributed by atoms with van der Waals surface area (Å²) in [4.78, 5) is 2.35.